The molecule has 4 rings (SSSR count). The summed E-state index contributed by atoms with van der Waals surface area (Å²) in [5.74, 6) is 0.549. The van der Waals surface area contributed by atoms with Crippen LogP contribution in [0.3, 0.4) is 0 Å². The smallest absolute Gasteiger partial charge is 0.257 e. The number of nitriles is 1. The number of benzene rings is 3. The largest absolute Gasteiger partial charge is 0.457 e. The Labute approximate surface area is 211 Å². The molecule has 0 aliphatic heterocycles. The molecule has 35 heavy (non-hydrogen) atoms. The summed E-state index contributed by atoms with van der Waals surface area (Å²) in [4.78, 5) is 28.6. The van der Waals surface area contributed by atoms with Crippen molar-refractivity contribution in [3.63, 3.8) is 0 Å². The molecular formula is C26H21ClN4O3S. The van der Waals surface area contributed by atoms with Gasteiger partial charge in [-0.2, -0.15) is 5.26 Å². The van der Waals surface area contributed by atoms with Crippen LogP contribution >= 0.6 is 22.9 Å². The van der Waals surface area contributed by atoms with Crippen molar-refractivity contribution < 1.29 is 14.3 Å². The van der Waals surface area contributed by atoms with Crippen molar-refractivity contribution in [3.05, 3.63) is 76.8 Å². The number of nitrogens with zero attached hydrogens (tertiary/aromatic N) is 2. The molecule has 7 nitrogen and oxygen atoms in total. The summed E-state index contributed by atoms with van der Waals surface area (Å²) in [6, 6.07) is 19.7. The summed E-state index contributed by atoms with van der Waals surface area (Å²) in [5, 5.41) is 15.7. The van der Waals surface area contributed by atoms with E-state index in [0.29, 0.717) is 27.9 Å². The van der Waals surface area contributed by atoms with Crippen molar-refractivity contribution in [1.82, 2.24) is 4.98 Å². The third-order valence-electron chi connectivity index (χ3n) is 5.17. The fourth-order valence-electron chi connectivity index (χ4n) is 3.39. The van der Waals surface area contributed by atoms with Crippen molar-refractivity contribution in [2.45, 2.75) is 26.2 Å². The number of anilines is 2. The molecule has 3 aromatic carbocycles. The average Bonchev–Trinajstić information content (AvgIpc) is 3.20. The summed E-state index contributed by atoms with van der Waals surface area (Å²) in [6.45, 7) is 4.94. The molecule has 0 unspecified atom stereocenters. The number of hydrogen-bond donors (Lipinski definition) is 2. The Morgan fingerprint density at radius 3 is 2.54 bits per heavy atom. The highest BCUT2D eigenvalue weighted by atomic mass is 35.5. The predicted molar refractivity (Wildman–Crippen MR) is 138 cm³/mol. The highest BCUT2D eigenvalue weighted by Gasteiger charge is 2.25. The summed E-state index contributed by atoms with van der Waals surface area (Å²) < 4.78 is 6.85. The number of carbonyl (C=O) groups excluding carboxylic acids is 2. The molecule has 4 aromatic rings. The number of hydrogen-bond acceptors (Lipinski definition) is 6. The van der Waals surface area contributed by atoms with Crippen molar-refractivity contribution in [3.8, 4) is 17.6 Å². The quantitative estimate of drug-likeness (QED) is 0.302. The Morgan fingerprint density at radius 2 is 1.80 bits per heavy atom. The van der Waals surface area contributed by atoms with E-state index < -0.39 is 5.41 Å². The first-order chi connectivity index (χ1) is 16.7. The van der Waals surface area contributed by atoms with E-state index in [9.17, 15) is 14.9 Å². The van der Waals surface area contributed by atoms with Gasteiger partial charge in [0.1, 0.15) is 11.5 Å². The number of thiazole rings is 1. The molecule has 176 valence electrons. The van der Waals surface area contributed by atoms with E-state index in [-0.39, 0.29) is 22.4 Å². The standard InChI is InChI=1S/C26H21ClN4O3S/c1-15(32)29-25-31-21-11-10-18(13-22(21)35-25)34-17-7-4-6-16(12-17)30-24(33)19-8-5-9-20(23(19)27)26(2,3)14-28/h4-13H,1-3H3,(H,30,33)(H,29,31,32). The van der Waals surface area contributed by atoms with E-state index in [1.54, 1.807) is 62.4 Å². The van der Waals surface area contributed by atoms with Gasteiger partial charge in [0.2, 0.25) is 5.91 Å². The monoisotopic (exact) mass is 504 g/mol. The normalized spacial score (nSPS) is 11.1. The number of nitrogens with one attached hydrogen (secondary N) is 2. The minimum atomic E-state index is -0.830. The molecule has 0 bridgehead atoms. The second-order valence-corrected chi connectivity index (χ2v) is 9.73. The highest BCUT2D eigenvalue weighted by molar-refractivity contribution is 7.22. The second kappa shape index (κ2) is 9.74. The van der Waals surface area contributed by atoms with Crippen LogP contribution in [0, 0.1) is 11.3 Å². The molecule has 2 amide bonds. The fourth-order valence-corrected chi connectivity index (χ4v) is 4.78. The molecule has 0 atom stereocenters. The first kappa shape index (κ1) is 24.2. The Balaban J connectivity index is 1.52. The van der Waals surface area contributed by atoms with E-state index in [4.69, 9.17) is 16.3 Å². The lowest BCUT2D eigenvalue weighted by atomic mass is 9.85. The van der Waals surface area contributed by atoms with Gasteiger partial charge in [0, 0.05) is 24.7 Å². The lowest BCUT2D eigenvalue weighted by molar-refractivity contribution is -0.114. The van der Waals surface area contributed by atoms with Crippen LogP contribution in [0.25, 0.3) is 10.2 Å². The van der Waals surface area contributed by atoms with E-state index in [2.05, 4.69) is 21.7 Å². The summed E-state index contributed by atoms with van der Waals surface area (Å²) in [5.41, 5.74) is 1.32. The number of aromatic nitrogens is 1. The van der Waals surface area contributed by atoms with Gasteiger partial charge >= 0.3 is 0 Å². The SMILES string of the molecule is CC(=O)Nc1nc2ccc(Oc3cccc(NC(=O)c4cccc(C(C)(C)C#N)c4Cl)c3)cc2s1. The predicted octanol–water partition coefficient (Wildman–Crippen LogP) is 6.75. The van der Waals surface area contributed by atoms with Crippen LogP contribution in [0.5, 0.6) is 11.5 Å². The Kier molecular flexibility index (Phi) is 6.74. The van der Waals surface area contributed by atoms with Gasteiger partial charge in [-0.25, -0.2) is 4.98 Å². The number of fused-ring (bicyclic) bond motifs is 1. The third kappa shape index (κ3) is 5.43. The molecule has 1 aromatic heterocycles. The maximum absolute atomic E-state index is 12.9. The summed E-state index contributed by atoms with van der Waals surface area (Å²) >= 11 is 7.84. The third-order valence-corrected chi connectivity index (χ3v) is 6.51. The summed E-state index contributed by atoms with van der Waals surface area (Å²) in [7, 11) is 0. The van der Waals surface area contributed by atoms with Gasteiger partial charge in [-0.1, -0.05) is 41.1 Å². The molecule has 0 saturated heterocycles. The van der Waals surface area contributed by atoms with Gasteiger partial charge in [-0.3, -0.25) is 9.59 Å². The highest BCUT2D eigenvalue weighted by Crippen LogP contribution is 2.34. The van der Waals surface area contributed by atoms with Crippen LogP contribution < -0.4 is 15.4 Å². The molecular weight excluding hydrogens is 484 g/mol. The molecule has 1 heterocycles. The topological polar surface area (TPSA) is 104 Å². The fraction of sp³-hybridized carbons (Fsp3) is 0.154. The number of amides is 2. The summed E-state index contributed by atoms with van der Waals surface area (Å²) in [6.07, 6.45) is 0. The van der Waals surface area contributed by atoms with Gasteiger partial charge in [0.05, 0.1) is 32.3 Å². The minimum Gasteiger partial charge on any atom is -0.457 e. The van der Waals surface area contributed by atoms with E-state index >= 15 is 0 Å². The Bertz CT molecular complexity index is 1490. The van der Waals surface area contributed by atoms with Crippen molar-refractivity contribution in [2.24, 2.45) is 0 Å². The molecule has 0 aliphatic carbocycles. The zero-order valence-corrected chi connectivity index (χ0v) is 20.8. The molecule has 0 radical (unpaired) electrons. The minimum absolute atomic E-state index is 0.179. The van der Waals surface area contributed by atoms with Crippen LogP contribution in [0.1, 0.15) is 36.7 Å². The lowest BCUT2D eigenvalue weighted by Gasteiger charge is -2.19. The van der Waals surface area contributed by atoms with Crippen LogP contribution in [0.4, 0.5) is 10.8 Å². The molecule has 0 spiro atoms. The van der Waals surface area contributed by atoms with Gasteiger partial charge < -0.3 is 15.4 Å². The van der Waals surface area contributed by atoms with Gasteiger partial charge in [-0.05, 0) is 49.7 Å². The molecule has 2 N–H and O–H groups in total. The molecule has 0 saturated carbocycles. The van der Waals surface area contributed by atoms with Crippen LogP contribution in [-0.4, -0.2) is 16.8 Å². The molecule has 0 aliphatic rings. The van der Waals surface area contributed by atoms with Crippen molar-refractivity contribution in [2.75, 3.05) is 10.6 Å². The average molecular weight is 505 g/mol. The maximum Gasteiger partial charge on any atom is 0.257 e. The van der Waals surface area contributed by atoms with E-state index in [0.717, 1.165) is 10.2 Å². The first-order valence-electron chi connectivity index (χ1n) is 10.6. The lowest BCUT2D eigenvalue weighted by Crippen LogP contribution is -2.18. The van der Waals surface area contributed by atoms with Crippen LogP contribution in [0.15, 0.2) is 60.7 Å². The number of ether oxygens (including phenoxy) is 1. The van der Waals surface area contributed by atoms with Crippen LogP contribution in [-0.2, 0) is 10.2 Å². The van der Waals surface area contributed by atoms with Gasteiger partial charge in [0.25, 0.3) is 5.91 Å². The van der Waals surface area contributed by atoms with Gasteiger partial charge in [-0.15, -0.1) is 0 Å². The zero-order chi connectivity index (χ0) is 25.2. The van der Waals surface area contributed by atoms with E-state index in [1.165, 1.54) is 18.3 Å². The molecule has 0 fully saturated rings. The number of halogens is 1. The van der Waals surface area contributed by atoms with Crippen LogP contribution in [0.2, 0.25) is 5.02 Å². The second-order valence-electron chi connectivity index (χ2n) is 8.32. The first-order valence-corrected chi connectivity index (χ1v) is 11.8. The maximum atomic E-state index is 12.9. The number of carbonyl (C=O) groups is 2. The zero-order valence-electron chi connectivity index (χ0n) is 19.2. The van der Waals surface area contributed by atoms with E-state index in [1.807, 2.05) is 12.1 Å². The van der Waals surface area contributed by atoms with Gasteiger partial charge in [0.15, 0.2) is 5.13 Å². The van der Waals surface area contributed by atoms with Crippen molar-refractivity contribution >= 4 is 55.8 Å². The molecule has 9 heteroatoms. The Morgan fingerprint density at radius 1 is 1.06 bits per heavy atom. The Hall–Kier alpha value is -3.93. The van der Waals surface area contributed by atoms with Crippen molar-refractivity contribution in [1.29, 1.82) is 5.26 Å². The number of rotatable bonds is 6.